The molecule has 0 fully saturated rings. The average Bonchev–Trinajstić information content (AvgIpc) is 2.40. The number of hydrogen-bond acceptors (Lipinski definition) is 2. The van der Waals surface area contributed by atoms with Gasteiger partial charge in [0.05, 0.1) is 9.84 Å². The van der Waals surface area contributed by atoms with Crippen molar-refractivity contribution in [1.29, 1.82) is 0 Å². The monoisotopic (exact) mass is 280 g/mol. The van der Waals surface area contributed by atoms with Crippen molar-refractivity contribution in [2.24, 2.45) is 0 Å². The average molecular weight is 280 g/mol. The van der Waals surface area contributed by atoms with Gasteiger partial charge in [-0.25, -0.2) is 5.75 Å². The summed E-state index contributed by atoms with van der Waals surface area (Å²) in [5.41, 5.74) is 2.36. The molecule has 0 unspecified atom stereocenters. The van der Waals surface area contributed by atoms with Crippen LogP contribution < -0.4 is 18.9 Å². The molecule has 2 rings (SSSR count). The van der Waals surface area contributed by atoms with Gasteiger partial charge in [-0.05, 0) is 19.1 Å². The van der Waals surface area contributed by atoms with E-state index in [4.69, 9.17) is 0 Å². The van der Waals surface area contributed by atoms with E-state index in [0.717, 1.165) is 6.42 Å². The molecule has 0 saturated carbocycles. The molecule has 2 aromatic rings. The van der Waals surface area contributed by atoms with Gasteiger partial charge >= 0.3 is 18.9 Å². The minimum absolute atomic E-state index is 0. The maximum absolute atomic E-state index is 12.0. The van der Waals surface area contributed by atoms with Crippen molar-refractivity contribution < 1.29 is 27.3 Å². The summed E-state index contributed by atoms with van der Waals surface area (Å²) >= 11 is 0. The van der Waals surface area contributed by atoms with Gasteiger partial charge in [0.25, 0.3) is 0 Å². The third kappa shape index (κ3) is 4.83. The zero-order valence-corrected chi connectivity index (χ0v) is 12.7. The van der Waals surface area contributed by atoms with E-state index < -0.39 is 9.84 Å². The fourth-order valence-electron chi connectivity index (χ4n) is 1.95. The molecule has 0 atom stereocenters. The molecule has 0 aromatic heterocycles. The van der Waals surface area contributed by atoms with Crippen molar-refractivity contribution in [2.75, 3.05) is 0 Å². The van der Waals surface area contributed by atoms with Crippen molar-refractivity contribution in [2.45, 2.75) is 24.7 Å². The first-order valence-electron chi connectivity index (χ1n) is 6.27. The van der Waals surface area contributed by atoms with Gasteiger partial charge in [0.1, 0.15) is 0 Å². The predicted octanol–water partition coefficient (Wildman–Crippen LogP) is 0.567. The predicted molar refractivity (Wildman–Crippen MR) is 77.4 cm³/mol. The second kappa shape index (κ2) is 7.69. The number of aryl methyl sites for hydroxylation is 2. The molecule has 0 radical (unpaired) electrons. The third-order valence-electron chi connectivity index (χ3n) is 2.92. The number of rotatable bonds is 5. The van der Waals surface area contributed by atoms with Crippen molar-refractivity contribution in [3.63, 3.8) is 0 Å². The Morgan fingerprint density at radius 3 is 2.35 bits per heavy atom. The Bertz CT molecular complexity index is 637. The molecule has 2 nitrogen and oxygen atoms in total. The first-order chi connectivity index (χ1) is 9.08. The molecule has 0 bridgehead atoms. The van der Waals surface area contributed by atoms with Gasteiger partial charge in [0.2, 0.25) is 0 Å². The van der Waals surface area contributed by atoms with Crippen LogP contribution in [-0.2, 0) is 16.3 Å². The first-order valence-corrected chi connectivity index (χ1v) is 7.81. The molecule has 0 spiro atoms. The van der Waals surface area contributed by atoms with Crippen LogP contribution in [0.3, 0.4) is 0 Å². The summed E-state index contributed by atoms with van der Waals surface area (Å²) in [6.45, 7) is 2.04. The van der Waals surface area contributed by atoms with Crippen LogP contribution in [0.1, 0.15) is 17.5 Å². The number of hydrogen-bond donors (Lipinski definition) is 0. The first kappa shape index (κ1) is 17.0. The summed E-state index contributed by atoms with van der Waals surface area (Å²) in [5, 5.41) is 0. The Labute approximate surface area is 133 Å². The minimum Gasteiger partial charge on any atom is -0.257 e. The number of sulfone groups is 1. The third-order valence-corrected chi connectivity index (χ3v) is 4.53. The molecule has 0 aliphatic heterocycles. The van der Waals surface area contributed by atoms with Crippen molar-refractivity contribution in [1.82, 2.24) is 0 Å². The second-order valence-corrected chi connectivity index (χ2v) is 6.45. The van der Waals surface area contributed by atoms with E-state index in [1.165, 1.54) is 16.9 Å². The summed E-state index contributed by atoms with van der Waals surface area (Å²) in [6.07, 6.45) is 1.27. The maximum Gasteiger partial charge on any atom is 1.00 e. The standard InChI is InChI=1S/C16H17O2S.Li/c1-14-7-5-8-15(13-14)9-6-12-19(17,18)16-10-3-2-4-11-16;/h2-5,7-8,10-13H,6,9H2,1H3;/q-1;+1. The smallest absolute Gasteiger partial charge is 0.257 e. The zero-order valence-electron chi connectivity index (χ0n) is 11.9. The van der Waals surface area contributed by atoms with Crippen LogP contribution >= 0.6 is 0 Å². The minimum atomic E-state index is -3.27. The molecular formula is C16H17LiO2S. The second-order valence-electron chi connectivity index (χ2n) is 4.55. The summed E-state index contributed by atoms with van der Waals surface area (Å²) < 4.78 is 24.1. The van der Waals surface area contributed by atoms with Gasteiger partial charge in [0.15, 0.2) is 0 Å². The van der Waals surface area contributed by atoms with E-state index in [0.29, 0.717) is 11.3 Å². The number of benzene rings is 2. The summed E-state index contributed by atoms with van der Waals surface area (Å²) in [5.74, 6) is 1.41. The van der Waals surface area contributed by atoms with E-state index >= 15 is 0 Å². The molecule has 0 saturated heterocycles. The topological polar surface area (TPSA) is 34.1 Å². The van der Waals surface area contributed by atoms with Crippen molar-refractivity contribution in [3.05, 3.63) is 71.5 Å². The Balaban J connectivity index is 0.00000200. The molecule has 4 heteroatoms. The fourth-order valence-corrected chi connectivity index (χ4v) is 3.11. The molecule has 0 N–H and O–H groups in total. The SMILES string of the molecule is Cc1cccc(CC[CH-]S(=O)(=O)c2ccccc2)c1.[Li+]. The van der Waals surface area contributed by atoms with Crippen LogP contribution in [0.2, 0.25) is 0 Å². The van der Waals surface area contributed by atoms with Gasteiger partial charge in [-0.15, -0.1) is 0 Å². The Hall–Kier alpha value is -1.01. The van der Waals surface area contributed by atoms with Crippen LogP contribution in [0.15, 0.2) is 59.5 Å². The van der Waals surface area contributed by atoms with Crippen molar-refractivity contribution in [3.8, 4) is 0 Å². The van der Waals surface area contributed by atoms with Crippen LogP contribution in [0.25, 0.3) is 0 Å². The molecule has 0 aliphatic carbocycles. The summed E-state index contributed by atoms with van der Waals surface area (Å²) in [4.78, 5) is 0.360. The molecule has 20 heavy (non-hydrogen) atoms. The van der Waals surface area contributed by atoms with E-state index in [1.807, 2.05) is 31.2 Å². The van der Waals surface area contributed by atoms with E-state index in [9.17, 15) is 8.42 Å². The molecule has 100 valence electrons. The summed E-state index contributed by atoms with van der Waals surface area (Å²) in [7, 11) is -3.27. The molecule has 0 heterocycles. The van der Waals surface area contributed by atoms with Gasteiger partial charge in [-0.3, -0.25) is 8.42 Å². The fraction of sp³-hybridized carbons (Fsp3) is 0.188. The van der Waals surface area contributed by atoms with Gasteiger partial charge in [-0.1, -0.05) is 60.0 Å². The quantitative estimate of drug-likeness (QED) is 0.593. The molecule has 2 aromatic carbocycles. The van der Waals surface area contributed by atoms with E-state index in [-0.39, 0.29) is 18.9 Å². The van der Waals surface area contributed by atoms with Gasteiger partial charge < -0.3 is 0 Å². The van der Waals surface area contributed by atoms with E-state index in [1.54, 1.807) is 24.3 Å². The molecule has 0 amide bonds. The van der Waals surface area contributed by atoms with Crippen LogP contribution in [0.5, 0.6) is 0 Å². The van der Waals surface area contributed by atoms with Gasteiger partial charge in [0, 0.05) is 4.90 Å². The van der Waals surface area contributed by atoms with E-state index in [2.05, 4.69) is 6.07 Å². The zero-order chi connectivity index (χ0) is 13.7. The van der Waals surface area contributed by atoms with Crippen LogP contribution in [0, 0.1) is 12.7 Å². The largest absolute Gasteiger partial charge is 1.00 e. The Morgan fingerprint density at radius 2 is 1.70 bits per heavy atom. The maximum atomic E-state index is 12.0. The normalized spacial score (nSPS) is 10.8. The Morgan fingerprint density at radius 1 is 1.00 bits per heavy atom. The molecular weight excluding hydrogens is 263 g/mol. The van der Waals surface area contributed by atoms with Crippen molar-refractivity contribution >= 4 is 9.84 Å². The van der Waals surface area contributed by atoms with Gasteiger partial charge in [-0.2, -0.15) is 6.42 Å². The van der Waals surface area contributed by atoms with Crippen LogP contribution in [-0.4, -0.2) is 8.42 Å². The summed E-state index contributed by atoms with van der Waals surface area (Å²) in [6, 6.07) is 16.7. The van der Waals surface area contributed by atoms with Crippen LogP contribution in [0.4, 0.5) is 0 Å². The Kier molecular flexibility index (Phi) is 6.55. The molecule has 0 aliphatic rings.